The van der Waals surface area contributed by atoms with Crippen LogP contribution in [0.15, 0.2) is 6.20 Å². The zero-order chi connectivity index (χ0) is 10.3. The fraction of sp³-hybridized carbons (Fsp3) is 0.250. The molecule has 1 aromatic heterocycles. The van der Waals surface area contributed by atoms with Crippen LogP contribution in [0.2, 0.25) is 0 Å². The maximum absolute atomic E-state index is 11.5. The summed E-state index contributed by atoms with van der Waals surface area (Å²) in [4.78, 5) is 31.6. The summed E-state index contributed by atoms with van der Waals surface area (Å²) in [5.74, 6) is -0.753. The molecule has 2 N–H and O–H groups in total. The first-order valence-electron chi connectivity index (χ1n) is 4.14. The van der Waals surface area contributed by atoms with E-state index >= 15 is 0 Å². The molecule has 1 aromatic rings. The van der Waals surface area contributed by atoms with Crippen LogP contribution in [-0.2, 0) is 0 Å². The second kappa shape index (κ2) is 2.76. The Kier molecular flexibility index (Phi) is 1.70. The van der Waals surface area contributed by atoms with E-state index in [-0.39, 0.29) is 23.1 Å². The highest BCUT2D eigenvalue weighted by atomic mass is 16.2. The molecule has 6 nitrogen and oxygen atoms in total. The SMILES string of the molecule is CCN1C(=O)c2cnc(N)nc2C1=O. The van der Waals surface area contributed by atoms with Crippen molar-refractivity contribution in [2.45, 2.75) is 6.92 Å². The minimum absolute atomic E-state index is 0.00264. The number of nitrogens with zero attached hydrogens (tertiary/aromatic N) is 3. The van der Waals surface area contributed by atoms with Gasteiger partial charge in [-0.2, -0.15) is 0 Å². The van der Waals surface area contributed by atoms with Crippen molar-refractivity contribution < 1.29 is 9.59 Å². The molecular weight excluding hydrogens is 184 g/mol. The van der Waals surface area contributed by atoms with Gasteiger partial charge in [-0.05, 0) is 6.92 Å². The molecule has 72 valence electrons. The average molecular weight is 192 g/mol. The Morgan fingerprint density at radius 3 is 2.79 bits per heavy atom. The van der Waals surface area contributed by atoms with Crippen LogP contribution in [0.4, 0.5) is 5.95 Å². The Balaban J connectivity index is 2.58. The van der Waals surface area contributed by atoms with Crippen molar-refractivity contribution >= 4 is 17.8 Å². The molecule has 14 heavy (non-hydrogen) atoms. The molecule has 0 unspecified atom stereocenters. The van der Waals surface area contributed by atoms with Crippen molar-refractivity contribution in [2.24, 2.45) is 0 Å². The summed E-state index contributed by atoms with van der Waals surface area (Å²) in [6.07, 6.45) is 1.29. The second-order valence-corrected chi connectivity index (χ2v) is 2.85. The molecule has 6 heteroatoms. The molecule has 0 fully saturated rings. The van der Waals surface area contributed by atoms with E-state index in [1.54, 1.807) is 6.92 Å². The number of hydrogen-bond acceptors (Lipinski definition) is 5. The first-order valence-corrected chi connectivity index (χ1v) is 4.14. The first kappa shape index (κ1) is 8.61. The molecule has 1 aliphatic rings. The van der Waals surface area contributed by atoms with E-state index in [1.165, 1.54) is 6.20 Å². The van der Waals surface area contributed by atoms with E-state index in [4.69, 9.17) is 5.73 Å². The number of carbonyl (C=O) groups excluding carboxylic acids is 2. The maximum atomic E-state index is 11.5. The van der Waals surface area contributed by atoms with Crippen LogP contribution in [0.1, 0.15) is 27.8 Å². The zero-order valence-corrected chi connectivity index (χ0v) is 7.52. The Morgan fingerprint density at radius 2 is 2.14 bits per heavy atom. The Hall–Kier alpha value is -1.98. The molecule has 2 heterocycles. The van der Waals surface area contributed by atoms with Crippen LogP contribution in [-0.4, -0.2) is 33.2 Å². The second-order valence-electron chi connectivity index (χ2n) is 2.85. The van der Waals surface area contributed by atoms with Gasteiger partial charge < -0.3 is 5.73 Å². The van der Waals surface area contributed by atoms with Crippen molar-refractivity contribution in [2.75, 3.05) is 12.3 Å². The Morgan fingerprint density at radius 1 is 1.43 bits per heavy atom. The lowest BCUT2D eigenvalue weighted by atomic mass is 10.3. The van der Waals surface area contributed by atoms with Crippen molar-refractivity contribution in [1.82, 2.24) is 14.9 Å². The molecule has 0 radical (unpaired) electrons. The summed E-state index contributed by atoms with van der Waals surface area (Å²) in [6, 6.07) is 0. The maximum Gasteiger partial charge on any atom is 0.280 e. The minimum atomic E-state index is -0.401. The van der Waals surface area contributed by atoms with Gasteiger partial charge in [0.1, 0.15) is 5.69 Å². The highest BCUT2D eigenvalue weighted by Gasteiger charge is 2.36. The molecule has 2 rings (SSSR count). The summed E-state index contributed by atoms with van der Waals surface area (Å²) >= 11 is 0. The van der Waals surface area contributed by atoms with Crippen LogP contribution in [0.5, 0.6) is 0 Å². The minimum Gasteiger partial charge on any atom is -0.368 e. The monoisotopic (exact) mass is 192 g/mol. The molecular formula is C8H8N4O2. The lowest BCUT2D eigenvalue weighted by Gasteiger charge is -2.08. The number of nitrogens with two attached hydrogens (primary N) is 1. The van der Waals surface area contributed by atoms with Gasteiger partial charge in [-0.3, -0.25) is 14.5 Å². The Bertz CT molecular complexity index is 429. The zero-order valence-electron chi connectivity index (χ0n) is 7.52. The lowest BCUT2D eigenvalue weighted by molar-refractivity contribution is 0.0661. The largest absolute Gasteiger partial charge is 0.368 e. The van der Waals surface area contributed by atoms with Gasteiger partial charge in [0.2, 0.25) is 5.95 Å². The van der Waals surface area contributed by atoms with E-state index < -0.39 is 5.91 Å². The number of imide groups is 1. The molecule has 0 aliphatic carbocycles. The van der Waals surface area contributed by atoms with Crippen molar-refractivity contribution in [3.63, 3.8) is 0 Å². The molecule has 0 spiro atoms. The molecule has 0 atom stereocenters. The van der Waals surface area contributed by atoms with Gasteiger partial charge in [0, 0.05) is 12.7 Å². The number of carbonyl (C=O) groups is 2. The van der Waals surface area contributed by atoms with E-state index in [0.717, 1.165) is 4.90 Å². The highest BCUT2D eigenvalue weighted by molar-refractivity contribution is 6.20. The van der Waals surface area contributed by atoms with E-state index in [1.807, 2.05) is 0 Å². The number of nitrogen functional groups attached to an aromatic ring is 1. The van der Waals surface area contributed by atoms with Gasteiger partial charge in [-0.1, -0.05) is 0 Å². The quantitative estimate of drug-likeness (QED) is 0.615. The number of amides is 2. The van der Waals surface area contributed by atoms with Crippen LogP contribution >= 0.6 is 0 Å². The summed E-state index contributed by atoms with van der Waals surface area (Å²) in [5.41, 5.74) is 5.65. The first-order chi connectivity index (χ1) is 6.65. The van der Waals surface area contributed by atoms with Crippen molar-refractivity contribution in [1.29, 1.82) is 0 Å². The highest BCUT2D eigenvalue weighted by Crippen LogP contribution is 2.19. The number of aromatic nitrogens is 2. The molecule has 0 saturated carbocycles. The normalized spacial score (nSPS) is 14.8. The van der Waals surface area contributed by atoms with Crippen molar-refractivity contribution in [3.8, 4) is 0 Å². The van der Waals surface area contributed by atoms with E-state index in [9.17, 15) is 9.59 Å². The van der Waals surface area contributed by atoms with Gasteiger partial charge in [-0.25, -0.2) is 9.97 Å². The third-order valence-electron chi connectivity index (χ3n) is 2.05. The number of rotatable bonds is 1. The summed E-state index contributed by atoms with van der Waals surface area (Å²) in [5, 5.41) is 0. The van der Waals surface area contributed by atoms with E-state index in [2.05, 4.69) is 9.97 Å². The third kappa shape index (κ3) is 0.968. The number of hydrogen-bond donors (Lipinski definition) is 1. The predicted molar refractivity (Wildman–Crippen MR) is 47.5 cm³/mol. The van der Waals surface area contributed by atoms with Gasteiger partial charge >= 0.3 is 0 Å². The third-order valence-corrected chi connectivity index (χ3v) is 2.05. The smallest absolute Gasteiger partial charge is 0.280 e. The lowest BCUT2D eigenvalue weighted by Crippen LogP contribution is -2.29. The number of fused-ring (bicyclic) bond motifs is 1. The molecule has 0 saturated heterocycles. The topological polar surface area (TPSA) is 89.2 Å². The van der Waals surface area contributed by atoms with Crippen LogP contribution in [0, 0.1) is 0 Å². The van der Waals surface area contributed by atoms with Crippen LogP contribution in [0.25, 0.3) is 0 Å². The van der Waals surface area contributed by atoms with Crippen LogP contribution < -0.4 is 5.73 Å². The molecule has 0 aromatic carbocycles. The molecule has 0 bridgehead atoms. The van der Waals surface area contributed by atoms with Crippen molar-refractivity contribution in [3.05, 3.63) is 17.5 Å². The Labute approximate surface area is 79.7 Å². The average Bonchev–Trinajstić information content (AvgIpc) is 2.39. The summed E-state index contributed by atoms with van der Waals surface area (Å²) < 4.78 is 0. The fourth-order valence-corrected chi connectivity index (χ4v) is 1.37. The summed E-state index contributed by atoms with van der Waals surface area (Å²) in [6.45, 7) is 2.05. The van der Waals surface area contributed by atoms with Gasteiger partial charge in [0.25, 0.3) is 11.8 Å². The fourth-order valence-electron chi connectivity index (χ4n) is 1.37. The standard InChI is InChI=1S/C8H8N4O2/c1-2-12-6(13)4-3-10-8(9)11-5(4)7(12)14/h3H,2H2,1H3,(H2,9,10,11). The van der Waals surface area contributed by atoms with Gasteiger partial charge in [0.15, 0.2) is 0 Å². The number of anilines is 1. The molecule has 2 amide bonds. The predicted octanol–water partition coefficient (Wildman–Crippen LogP) is -0.325. The van der Waals surface area contributed by atoms with Gasteiger partial charge in [0.05, 0.1) is 5.56 Å². The molecule has 1 aliphatic heterocycles. The van der Waals surface area contributed by atoms with Gasteiger partial charge in [-0.15, -0.1) is 0 Å². The van der Waals surface area contributed by atoms with Crippen LogP contribution in [0.3, 0.4) is 0 Å². The summed E-state index contributed by atoms with van der Waals surface area (Å²) in [7, 11) is 0. The van der Waals surface area contributed by atoms with E-state index in [0.29, 0.717) is 6.54 Å².